The molecule has 2 rings (SSSR count). The molecular weight excluding hydrogens is 274 g/mol. The van der Waals surface area contributed by atoms with Gasteiger partial charge in [0, 0.05) is 17.9 Å². The van der Waals surface area contributed by atoms with Crippen molar-refractivity contribution < 1.29 is 0 Å². The third-order valence-electron chi connectivity index (χ3n) is 3.15. The van der Waals surface area contributed by atoms with Gasteiger partial charge in [0.05, 0.1) is 23.0 Å². The fourth-order valence-corrected chi connectivity index (χ4v) is 2.67. The second-order valence-corrected chi connectivity index (χ2v) is 5.29. The molecule has 3 N–H and O–H groups in total. The molecule has 0 radical (unpaired) electrons. The zero-order chi connectivity index (χ0) is 14.7. The van der Waals surface area contributed by atoms with Crippen molar-refractivity contribution in [1.29, 1.82) is 0 Å². The molecule has 0 spiro atoms. The molecule has 2 aromatic heterocycles. The van der Waals surface area contributed by atoms with Crippen molar-refractivity contribution in [3.8, 4) is 0 Å². The summed E-state index contributed by atoms with van der Waals surface area (Å²) in [7, 11) is 0. The fourth-order valence-electron chi connectivity index (χ4n) is 2.42. The predicted molar refractivity (Wildman–Crippen MR) is 80.4 cm³/mol. The highest BCUT2D eigenvalue weighted by atomic mass is 35.5. The fraction of sp³-hybridized carbons (Fsp3) is 0.429. The second kappa shape index (κ2) is 6.35. The number of hydrogen-bond acceptors (Lipinski definition) is 4. The Morgan fingerprint density at radius 2 is 2.00 bits per heavy atom. The van der Waals surface area contributed by atoms with E-state index in [9.17, 15) is 0 Å². The lowest BCUT2D eigenvalue weighted by molar-refractivity contribution is 0.520. The monoisotopic (exact) mass is 293 g/mol. The first-order valence-electron chi connectivity index (χ1n) is 6.69. The van der Waals surface area contributed by atoms with E-state index in [0.717, 1.165) is 35.6 Å². The van der Waals surface area contributed by atoms with E-state index in [1.807, 2.05) is 30.7 Å². The summed E-state index contributed by atoms with van der Waals surface area (Å²) < 4.78 is 1.90. The molecule has 0 aromatic carbocycles. The van der Waals surface area contributed by atoms with E-state index in [4.69, 9.17) is 17.4 Å². The quantitative estimate of drug-likeness (QED) is 0.656. The van der Waals surface area contributed by atoms with Gasteiger partial charge < -0.3 is 0 Å². The van der Waals surface area contributed by atoms with E-state index in [1.54, 1.807) is 6.20 Å². The SMILES string of the molecule is CCCn1ncc(Cl)c1C(NN)c1cc(C)nc(C)c1. The van der Waals surface area contributed by atoms with Crippen LogP contribution in [-0.4, -0.2) is 14.8 Å². The summed E-state index contributed by atoms with van der Waals surface area (Å²) in [5, 5.41) is 4.94. The summed E-state index contributed by atoms with van der Waals surface area (Å²) in [5.74, 6) is 5.76. The van der Waals surface area contributed by atoms with Gasteiger partial charge in [0.2, 0.25) is 0 Å². The van der Waals surface area contributed by atoms with Crippen LogP contribution in [0.3, 0.4) is 0 Å². The van der Waals surface area contributed by atoms with Crippen LogP contribution in [0.2, 0.25) is 5.02 Å². The van der Waals surface area contributed by atoms with Crippen molar-refractivity contribution in [3.63, 3.8) is 0 Å². The van der Waals surface area contributed by atoms with Gasteiger partial charge >= 0.3 is 0 Å². The van der Waals surface area contributed by atoms with Crippen LogP contribution in [-0.2, 0) is 6.54 Å². The van der Waals surface area contributed by atoms with Gasteiger partial charge in [-0.15, -0.1) is 0 Å². The van der Waals surface area contributed by atoms with E-state index in [-0.39, 0.29) is 6.04 Å². The van der Waals surface area contributed by atoms with Gasteiger partial charge in [-0.1, -0.05) is 18.5 Å². The first-order chi connectivity index (χ1) is 9.56. The predicted octanol–water partition coefficient (Wildman–Crippen LogP) is 2.51. The van der Waals surface area contributed by atoms with Gasteiger partial charge in [-0.05, 0) is 38.0 Å². The summed E-state index contributed by atoms with van der Waals surface area (Å²) >= 11 is 6.29. The van der Waals surface area contributed by atoms with E-state index in [2.05, 4.69) is 22.4 Å². The number of hydrogen-bond donors (Lipinski definition) is 2. The highest BCUT2D eigenvalue weighted by molar-refractivity contribution is 6.31. The average molecular weight is 294 g/mol. The molecule has 2 aromatic rings. The van der Waals surface area contributed by atoms with Crippen molar-refractivity contribution in [2.45, 2.75) is 39.8 Å². The van der Waals surface area contributed by atoms with Gasteiger partial charge in [0.15, 0.2) is 0 Å². The van der Waals surface area contributed by atoms with Crippen molar-refractivity contribution >= 4 is 11.6 Å². The number of aryl methyl sites for hydroxylation is 3. The maximum Gasteiger partial charge on any atom is 0.0894 e. The molecule has 6 heteroatoms. The lowest BCUT2D eigenvalue weighted by Crippen LogP contribution is -2.31. The molecule has 0 saturated heterocycles. The zero-order valence-corrected chi connectivity index (χ0v) is 12.8. The summed E-state index contributed by atoms with van der Waals surface area (Å²) in [6.45, 7) is 6.85. The lowest BCUT2D eigenvalue weighted by atomic mass is 10.0. The van der Waals surface area contributed by atoms with Gasteiger partial charge in [-0.2, -0.15) is 5.10 Å². The maximum atomic E-state index is 6.29. The van der Waals surface area contributed by atoms with Crippen LogP contribution in [0.15, 0.2) is 18.3 Å². The molecule has 1 unspecified atom stereocenters. The molecule has 5 nitrogen and oxygen atoms in total. The normalized spacial score (nSPS) is 12.7. The number of nitrogens with one attached hydrogen (secondary N) is 1. The Bertz CT molecular complexity index is 573. The summed E-state index contributed by atoms with van der Waals surface area (Å²) in [6.07, 6.45) is 2.65. The van der Waals surface area contributed by atoms with Crippen molar-refractivity contribution in [3.05, 3.63) is 46.0 Å². The van der Waals surface area contributed by atoms with Gasteiger partial charge in [-0.25, -0.2) is 5.43 Å². The molecule has 0 aliphatic heterocycles. The van der Waals surface area contributed by atoms with Gasteiger partial charge in [0.25, 0.3) is 0 Å². The summed E-state index contributed by atoms with van der Waals surface area (Å²) in [4.78, 5) is 4.39. The molecule has 0 bridgehead atoms. The maximum absolute atomic E-state index is 6.29. The number of rotatable bonds is 5. The largest absolute Gasteiger partial charge is 0.271 e. The van der Waals surface area contributed by atoms with Crippen LogP contribution in [0.5, 0.6) is 0 Å². The van der Waals surface area contributed by atoms with E-state index < -0.39 is 0 Å². The molecular formula is C14H20ClN5. The van der Waals surface area contributed by atoms with Gasteiger partial charge in [-0.3, -0.25) is 15.5 Å². The van der Waals surface area contributed by atoms with Crippen molar-refractivity contribution in [1.82, 2.24) is 20.2 Å². The van der Waals surface area contributed by atoms with Crippen LogP contribution in [0.25, 0.3) is 0 Å². The first-order valence-corrected chi connectivity index (χ1v) is 7.07. The Kier molecular flexibility index (Phi) is 4.75. The molecule has 0 saturated carbocycles. The number of aromatic nitrogens is 3. The molecule has 1 atom stereocenters. The van der Waals surface area contributed by atoms with Crippen LogP contribution in [0.1, 0.15) is 42.0 Å². The summed E-state index contributed by atoms with van der Waals surface area (Å²) in [5.41, 5.74) is 6.68. The second-order valence-electron chi connectivity index (χ2n) is 4.88. The average Bonchev–Trinajstić information content (AvgIpc) is 2.72. The Balaban J connectivity index is 2.49. The summed E-state index contributed by atoms with van der Waals surface area (Å²) in [6, 6.07) is 3.82. The van der Waals surface area contributed by atoms with E-state index in [1.165, 1.54) is 0 Å². The van der Waals surface area contributed by atoms with Crippen LogP contribution < -0.4 is 11.3 Å². The Morgan fingerprint density at radius 1 is 1.35 bits per heavy atom. The molecule has 0 aliphatic rings. The Morgan fingerprint density at radius 3 is 2.55 bits per heavy atom. The third kappa shape index (κ3) is 3.00. The topological polar surface area (TPSA) is 68.8 Å². The zero-order valence-electron chi connectivity index (χ0n) is 12.0. The highest BCUT2D eigenvalue weighted by Crippen LogP contribution is 2.28. The van der Waals surface area contributed by atoms with Crippen molar-refractivity contribution in [2.24, 2.45) is 5.84 Å². The third-order valence-corrected chi connectivity index (χ3v) is 3.44. The Labute approximate surface area is 124 Å². The number of hydrazine groups is 1. The molecule has 20 heavy (non-hydrogen) atoms. The standard InChI is InChI=1S/C14H20ClN5/c1-4-5-20-14(12(15)8-17-20)13(19-16)11-6-9(2)18-10(3)7-11/h6-8,13,19H,4-5,16H2,1-3H3. The number of nitrogens with two attached hydrogens (primary N) is 1. The van der Waals surface area contributed by atoms with Crippen molar-refractivity contribution in [2.75, 3.05) is 0 Å². The van der Waals surface area contributed by atoms with E-state index in [0.29, 0.717) is 5.02 Å². The van der Waals surface area contributed by atoms with Crippen LogP contribution >= 0.6 is 11.6 Å². The van der Waals surface area contributed by atoms with Crippen LogP contribution in [0, 0.1) is 13.8 Å². The number of nitrogens with zero attached hydrogens (tertiary/aromatic N) is 3. The smallest absolute Gasteiger partial charge is 0.0894 e. The number of halogens is 1. The molecule has 0 aliphatic carbocycles. The molecule has 108 valence electrons. The minimum atomic E-state index is -0.197. The minimum Gasteiger partial charge on any atom is -0.271 e. The van der Waals surface area contributed by atoms with E-state index >= 15 is 0 Å². The minimum absolute atomic E-state index is 0.197. The highest BCUT2D eigenvalue weighted by Gasteiger charge is 2.21. The number of pyridine rings is 1. The molecule has 0 amide bonds. The van der Waals surface area contributed by atoms with Crippen LogP contribution in [0.4, 0.5) is 0 Å². The molecule has 0 fully saturated rings. The Hall–Kier alpha value is -1.43. The lowest BCUT2D eigenvalue weighted by Gasteiger charge is -2.19. The molecule has 2 heterocycles. The first kappa shape index (κ1) is 15.0. The van der Waals surface area contributed by atoms with Gasteiger partial charge in [0.1, 0.15) is 0 Å².